The molecule has 0 spiro atoms. The second-order valence-corrected chi connectivity index (χ2v) is 8.69. The third-order valence-corrected chi connectivity index (χ3v) is 5.93. The molecule has 1 amide bonds. The predicted molar refractivity (Wildman–Crippen MR) is 116 cm³/mol. The van der Waals surface area contributed by atoms with Gasteiger partial charge in [0.15, 0.2) is 5.69 Å². The third-order valence-electron chi connectivity index (χ3n) is 4.70. The van der Waals surface area contributed by atoms with Crippen molar-refractivity contribution in [1.82, 2.24) is 20.0 Å². The summed E-state index contributed by atoms with van der Waals surface area (Å²) in [5.41, 5.74) is 2.10. The minimum absolute atomic E-state index is 0.0824. The summed E-state index contributed by atoms with van der Waals surface area (Å²) in [6, 6.07) is 16.9. The Kier molecular flexibility index (Phi) is 5.99. The number of halogens is 2. The standard InChI is InChI=1S/C22H16F2N4O4S/c23-15-10-16(24)12-17(11-15)33(31,32)27-25-21(29)20-18-8-4-5-9-19(18)22(30)28(26-20)13-14-6-2-1-3-7-14/h1-12,27H,13H2,(H,25,29). The van der Waals surface area contributed by atoms with E-state index in [2.05, 4.69) is 5.10 Å². The zero-order valence-electron chi connectivity index (χ0n) is 16.8. The average Bonchev–Trinajstić information content (AvgIpc) is 2.79. The van der Waals surface area contributed by atoms with Gasteiger partial charge in [-0.15, -0.1) is 4.83 Å². The van der Waals surface area contributed by atoms with Gasteiger partial charge in [0.1, 0.15) is 11.6 Å². The molecule has 168 valence electrons. The van der Waals surface area contributed by atoms with Crippen LogP contribution in [0.5, 0.6) is 0 Å². The molecule has 0 fully saturated rings. The molecule has 0 saturated heterocycles. The first-order valence-electron chi connectivity index (χ1n) is 9.56. The maximum Gasteiger partial charge on any atom is 0.287 e. The van der Waals surface area contributed by atoms with Gasteiger partial charge in [-0.25, -0.2) is 21.9 Å². The lowest BCUT2D eigenvalue weighted by atomic mass is 10.1. The van der Waals surface area contributed by atoms with Gasteiger partial charge >= 0.3 is 0 Å². The molecule has 11 heteroatoms. The maximum atomic E-state index is 13.4. The van der Waals surface area contributed by atoms with Crippen molar-refractivity contribution < 1.29 is 22.0 Å². The molecule has 8 nitrogen and oxygen atoms in total. The van der Waals surface area contributed by atoms with Gasteiger partial charge in [-0.1, -0.05) is 48.5 Å². The molecule has 0 aliphatic rings. The number of amides is 1. The lowest BCUT2D eigenvalue weighted by Gasteiger charge is -2.12. The molecule has 2 N–H and O–H groups in total. The van der Waals surface area contributed by atoms with Crippen LogP contribution in [-0.4, -0.2) is 24.1 Å². The number of hydrazine groups is 1. The van der Waals surface area contributed by atoms with Crippen molar-refractivity contribution in [3.63, 3.8) is 0 Å². The fourth-order valence-electron chi connectivity index (χ4n) is 3.18. The molecule has 4 aromatic rings. The van der Waals surface area contributed by atoms with Crippen molar-refractivity contribution in [3.05, 3.63) is 106 Å². The van der Waals surface area contributed by atoms with Crippen molar-refractivity contribution in [3.8, 4) is 0 Å². The Morgan fingerprint density at radius 1 is 0.909 bits per heavy atom. The molecule has 0 aliphatic carbocycles. The van der Waals surface area contributed by atoms with Crippen LogP contribution < -0.4 is 15.8 Å². The molecule has 0 aliphatic heterocycles. The summed E-state index contributed by atoms with van der Waals surface area (Å²) in [5.74, 6) is -3.15. The Labute approximate surface area is 186 Å². The Morgan fingerprint density at radius 3 is 2.18 bits per heavy atom. The molecule has 0 unspecified atom stereocenters. The number of hydrogen-bond acceptors (Lipinski definition) is 5. The predicted octanol–water partition coefficient (Wildman–Crippen LogP) is 2.35. The summed E-state index contributed by atoms with van der Waals surface area (Å²) in [5, 5.41) is 4.55. The van der Waals surface area contributed by atoms with E-state index in [9.17, 15) is 26.8 Å². The van der Waals surface area contributed by atoms with Crippen LogP contribution in [0.1, 0.15) is 16.1 Å². The van der Waals surface area contributed by atoms with Gasteiger partial charge in [0, 0.05) is 11.5 Å². The molecule has 0 atom stereocenters. The number of benzene rings is 3. The Morgan fingerprint density at radius 2 is 1.52 bits per heavy atom. The molecule has 33 heavy (non-hydrogen) atoms. The van der Waals surface area contributed by atoms with E-state index in [-0.39, 0.29) is 23.0 Å². The van der Waals surface area contributed by atoms with Crippen molar-refractivity contribution in [2.24, 2.45) is 0 Å². The molecular weight excluding hydrogens is 454 g/mol. The van der Waals surface area contributed by atoms with Crippen LogP contribution in [0.2, 0.25) is 0 Å². The van der Waals surface area contributed by atoms with Gasteiger partial charge in [-0.05, 0) is 23.8 Å². The van der Waals surface area contributed by atoms with Crippen molar-refractivity contribution in [1.29, 1.82) is 0 Å². The first-order valence-corrected chi connectivity index (χ1v) is 11.0. The molecule has 0 radical (unpaired) electrons. The number of carbonyl (C=O) groups is 1. The van der Waals surface area contributed by atoms with Crippen molar-refractivity contribution in [2.75, 3.05) is 0 Å². The summed E-state index contributed by atoms with van der Waals surface area (Å²) in [6.07, 6.45) is 0. The minimum atomic E-state index is -4.49. The smallest absolute Gasteiger partial charge is 0.272 e. The zero-order chi connectivity index (χ0) is 23.6. The largest absolute Gasteiger partial charge is 0.287 e. The normalized spacial score (nSPS) is 11.5. The topological polar surface area (TPSA) is 110 Å². The molecule has 0 bridgehead atoms. The molecule has 1 heterocycles. The number of hydrogen-bond donors (Lipinski definition) is 2. The first-order chi connectivity index (χ1) is 15.7. The van der Waals surface area contributed by atoms with Gasteiger partial charge in [-0.2, -0.15) is 5.10 Å². The van der Waals surface area contributed by atoms with E-state index in [4.69, 9.17) is 0 Å². The van der Waals surface area contributed by atoms with E-state index >= 15 is 0 Å². The van der Waals surface area contributed by atoms with Crippen molar-refractivity contribution in [2.45, 2.75) is 11.4 Å². The van der Waals surface area contributed by atoms with Crippen LogP contribution in [0.15, 0.2) is 82.5 Å². The summed E-state index contributed by atoms with van der Waals surface area (Å²) < 4.78 is 52.6. The lowest BCUT2D eigenvalue weighted by Crippen LogP contribution is -2.42. The number of carbonyl (C=O) groups excluding carboxylic acids is 1. The van der Waals surface area contributed by atoms with Gasteiger partial charge in [-0.3, -0.25) is 15.0 Å². The second kappa shape index (κ2) is 8.88. The third kappa shape index (κ3) is 4.78. The van der Waals surface area contributed by atoms with Crippen LogP contribution in [0.3, 0.4) is 0 Å². The fourth-order valence-corrected chi connectivity index (χ4v) is 4.06. The van der Waals surface area contributed by atoms with E-state index < -0.39 is 38.0 Å². The number of sulfonamides is 1. The number of fused-ring (bicyclic) bond motifs is 1. The highest BCUT2D eigenvalue weighted by Gasteiger charge is 2.21. The monoisotopic (exact) mass is 470 g/mol. The SMILES string of the molecule is O=C(NNS(=O)(=O)c1cc(F)cc(F)c1)c1nn(Cc2ccccc2)c(=O)c2ccccc12. The summed E-state index contributed by atoms with van der Waals surface area (Å²) in [4.78, 5) is 26.8. The highest BCUT2D eigenvalue weighted by Crippen LogP contribution is 2.15. The molecule has 1 aromatic heterocycles. The van der Waals surface area contributed by atoms with Crippen LogP contribution in [-0.2, 0) is 16.6 Å². The average molecular weight is 470 g/mol. The highest BCUT2D eigenvalue weighted by molar-refractivity contribution is 7.89. The van der Waals surface area contributed by atoms with Crippen LogP contribution in [0.25, 0.3) is 10.8 Å². The van der Waals surface area contributed by atoms with Crippen LogP contribution in [0.4, 0.5) is 8.78 Å². The summed E-state index contributed by atoms with van der Waals surface area (Å²) in [7, 11) is -4.49. The van der Waals surface area contributed by atoms with Gasteiger partial charge in [0.2, 0.25) is 0 Å². The van der Waals surface area contributed by atoms with Gasteiger partial charge in [0.25, 0.3) is 21.5 Å². The Hall–Kier alpha value is -3.96. The zero-order valence-corrected chi connectivity index (χ0v) is 17.6. The van der Waals surface area contributed by atoms with Crippen LogP contribution in [0, 0.1) is 11.6 Å². The van der Waals surface area contributed by atoms with Gasteiger partial charge < -0.3 is 0 Å². The van der Waals surface area contributed by atoms with E-state index in [0.717, 1.165) is 10.2 Å². The fraction of sp³-hybridized carbons (Fsp3) is 0.0455. The minimum Gasteiger partial charge on any atom is -0.272 e. The second-order valence-electron chi connectivity index (χ2n) is 7.01. The van der Waals surface area contributed by atoms with E-state index in [0.29, 0.717) is 18.2 Å². The number of nitrogens with one attached hydrogen (secondary N) is 2. The van der Waals surface area contributed by atoms with Gasteiger partial charge in [0.05, 0.1) is 16.8 Å². The Balaban J connectivity index is 1.67. The number of aromatic nitrogens is 2. The van der Waals surface area contributed by atoms with E-state index in [1.165, 1.54) is 12.1 Å². The summed E-state index contributed by atoms with van der Waals surface area (Å²) >= 11 is 0. The molecule has 4 rings (SSSR count). The lowest BCUT2D eigenvalue weighted by molar-refractivity contribution is 0.0939. The molecule has 3 aromatic carbocycles. The molecular formula is C22H16F2N4O4S. The van der Waals surface area contributed by atoms with Crippen molar-refractivity contribution >= 4 is 26.7 Å². The van der Waals surface area contributed by atoms with E-state index in [1.807, 2.05) is 11.5 Å². The van der Waals surface area contributed by atoms with Crippen LogP contribution >= 0.6 is 0 Å². The maximum absolute atomic E-state index is 13.4. The number of nitrogens with zero attached hydrogens (tertiary/aromatic N) is 2. The van der Waals surface area contributed by atoms with E-state index in [1.54, 1.807) is 41.2 Å². The quantitative estimate of drug-likeness (QED) is 0.421. The number of rotatable bonds is 6. The highest BCUT2D eigenvalue weighted by atomic mass is 32.2. The summed E-state index contributed by atoms with van der Waals surface area (Å²) in [6.45, 7) is 0.0824. The molecule has 0 saturated carbocycles. The first kappa shape index (κ1) is 22.2. The Bertz CT molecular complexity index is 1500.